The van der Waals surface area contributed by atoms with Crippen LogP contribution in [-0.2, 0) is 0 Å². The first-order valence-electron chi connectivity index (χ1n) is 7.38. The van der Waals surface area contributed by atoms with Crippen LogP contribution in [0.5, 0.6) is 5.75 Å². The molecule has 2 N–H and O–H groups in total. The number of rotatable bonds is 4. The van der Waals surface area contributed by atoms with E-state index in [0.29, 0.717) is 22.9 Å². The molecule has 21 heavy (non-hydrogen) atoms. The minimum atomic E-state index is 0.0263. The average molecular weight is 291 g/mol. The molecule has 0 unspecified atom stereocenters. The molecule has 1 aromatic carbocycles. The summed E-state index contributed by atoms with van der Waals surface area (Å²) in [5.41, 5.74) is 7.02. The van der Waals surface area contributed by atoms with Gasteiger partial charge in [0, 0.05) is 31.4 Å². The molecule has 1 aromatic rings. The highest BCUT2D eigenvalue weighted by Crippen LogP contribution is 2.24. The van der Waals surface area contributed by atoms with Crippen molar-refractivity contribution in [1.82, 2.24) is 9.80 Å². The van der Waals surface area contributed by atoms with Crippen molar-refractivity contribution in [3.05, 3.63) is 23.8 Å². The number of benzene rings is 1. The maximum Gasteiger partial charge on any atom is 0.255 e. The molecule has 5 heteroatoms. The summed E-state index contributed by atoms with van der Waals surface area (Å²) >= 11 is 0. The van der Waals surface area contributed by atoms with E-state index in [0.717, 1.165) is 32.5 Å². The number of nitrogens with zero attached hydrogens (tertiary/aromatic N) is 2. The van der Waals surface area contributed by atoms with Crippen LogP contribution in [-0.4, -0.2) is 56.5 Å². The van der Waals surface area contributed by atoms with Crippen molar-refractivity contribution in [2.24, 2.45) is 5.92 Å². The van der Waals surface area contributed by atoms with Crippen molar-refractivity contribution >= 4 is 11.6 Å². The molecule has 116 valence electrons. The van der Waals surface area contributed by atoms with E-state index in [1.165, 1.54) is 0 Å². The van der Waals surface area contributed by atoms with E-state index in [4.69, 9.17) is 10.5 Å². The quantitative estimate of drug-likeness (QED) is 0.858. The third kappa shape index (κ3) is 3.88. The lowest BCUT2D eigenvalue weighted by atomic mass is 9.96. The Morgan fingerprint density at radius 3 is 2.57 bits per heavy atom. The number of methoxy groups -OCH3 is 1. The predicted molar refractivity (Wildman–Crippen MR) is 84.6 cm³/mol. The predicted octanol–water partition coefficient (Wildman–Crippen LogP) is 1.69. The Bertz CT molecular complexity index is 494. The first kappa shape index (κ1) is 15.6. The number of carbonyl (C=O) groups excluding carboxylic acids is 1. The first-order chi connectivity index (χ1) is 10.0. The van der Waals surface area contributed by atoms with Crippen LogP contribution >= 0.6 is 0 Å². The monoisotopic (exact) mass is 291 g/mol. The number of piperidine rings is 1. The van der Waals surface area contributed by atoms with Gasteiger partial charge in [-0.25, -0.2) is 0 Å². The summed E-state index contributed by atoms with van der Waals surface area (Å²) in [7, 11) is 5.77. The maximum atomic E-state index is 12.5. The Morgan fingerprint density at radius 1 is 1.38 bits per heavy atom. The second-order valence-corrected chi connectivity index (χ2v) is 5.95. The molecular weight excluding hydrogens is 266 g/mol. The van der Waals surface area contributed by atoms with Crippen molar-refractivity contribution < 1.29 is 9.53 Å². The molecule has 0 spiro atoms. The molecule has 0 aromatic heterocycles. The summed E-state index contributed by atoms with van der Waals surface area (Å²) in [6.07, 6.45) is 2.11. The zero-order chi connectivity index (χ0) is 15.4. The summed E-state index contributed by atoms with van der Waals surface area (Å²) in [4.78, 5) is 16.7. The Labute approximate surface area is 126 Å². The average Bonchev–Trinajstić information content (AvgIpc) is 2.46. The summed E-state index contributed by atoms with van der Waals surface area (Å²) in [5.74, 6) is 1.38. The van der Waals surface area contributed by atoms with E-state index < -0.39 is 0 Å². The van der Waals surface area contributed by atoms with Crippen LogP contribution in [0, 0.1) is 5.92 Å². The van der Waals surface area contributed by atoms with Gasteiger partial charge >= 0.3 is 0 Å². The van der Waals surface area contributed by atoms with E-state index in [2.05, 4.69) is 19.0 Å². The summed E-state index contributed by atoms with van der Waals surface area (Å²) in [6, 6.07) is 5.23. The second-order valence-electron chi connectivity index (χ2n) is 5.95. The van der Waals surface area contributed by atoms with Gasteiger partial charge in [-0.3, -0.25) is 4.79 Å². The molecule has 1 aliphatic rings. The van der Waals surface area contributed by atoms with Crippen molar-refractivity contribution in [3.63, 3.8) is 0 Å². The molecule has 0 bridgehead atoms. The number of anilines is 1. The topological polar surface area (TPSA) is 58.8 Å². The van der Waals surface area contributed by atoms with Crippen molar-refractivity contribution in [1.29, 1.82) is 0 Å². The third-order valence-electron chi connectivity index (χ3n) is 4.01. The fraction of sp³-hybridized carbons (Fsp3) is 0.562. The lowest BCUT2D eigenvalue weighted by Crippen LogP contribution is -2.40. The van der Waals surface area contributed by atoms with Crippen LogP contribution in [0.1, 0.15) is 23.2 Å². The van der Waals surface area contributed by atoms with E-state index in [1.54, 1.807) is 25.3 Å². The number of hydrogen-bond donors (Lipinski definition) is 1. The second kappa shape index (κ2) is 6.80. The summed E-state index contributed by atoms with van der Waals surface area (Å²) in [6.45, 7) is 2.71. The van der Waals surface area contributed by atoms with E-state index in [1.807, 2.05) is 4.90 Å². The van der Waals surface area contributed by atoms with E-state index >= 15 is 0 Å². The first-order valence-corrected chi connectivity index (χ1v) is 7.38. The number of amides is 1. The molecular formula is C16H25N3O2. The van der Waals surface area contributed by atoms with Gasteiger partial charge in [0.15, 0.2) is 0 Å². The van der Waals surface area contributed by atoms with Gasteiger partial charge in [-0.15, -0.1) is 0 Å². The van der Waals surface area contributed by atoms with Crippen LogP contribution in [0.3, 0.4) is 0 Å². The Kier molecular flexibility index (Phi) is 5.07. The SMILES string of the molecule is COc1ccc(C(=O)N2CCC(CN(C)C)CC2)c(N)c1. The van der Waals surface area contributed by atoms with Gasteiger partial charge in [0.05, 0.1) is 12.7 Å². The van der Waals surface area contributed by atoms with Gasteiger partial charge in [0.1, 0.15) is 5.75 Å². The molecule has 1 heterocycles. The highest BCUT2D eigenvalue weighted by molar-refractivity contribution is 5.99. The van der Waals surface area contributed by atoms with Gasteiger partial charge in [0.25, 0.3) is 5.91 Å². The largest absolute Gasteiger partial charge is 0.497 e. The molecule has 5 nitrogen and oxygen atoms in total. The zero-order valence-electron chi connectivity index (χ0n) is 13.1. The molecule has 1 saturated heterocycles. The van der Waals surface area contributed by atoms with Gasteiger partial charge < -0.3 is 20.3 Å². The fourth-order valence-corrected chi connectivity index (χ4v) is 2.87. The fourth-order valence-electron chi connectivity index (χ4n) is 2.87. The number of nitrogens with two attached hydrogens (primary N) is 1. The lowest BCUT2D eigenvalue weighted by Gasteiger charge is -2.33. The highest BCUT2D eigenvalue weighted by atomic mass is 16.5. The number of likely N-dealkylation sites (tertiary alicyclic amines) is 1. The van der Waals surface area contributed by atoms with Crippen LogP contribution in [0.25, 0.3) is 0 Å². The van der Waals surface area contributed by atoms with Crippen molar-refractivity contribution in [2.75, 3.05) is 46.6 Å². The molecule has 0 aliphatic carbocycles. The minimum Gasteiger partial charge on any atom is -0.497 e. The molecule has 1 aliphatic heterocycles. The van der Waals surface area contributed by atoms with E-state index in [-0.39, 0.29) is 5.91 Å². The zero-order valence-corrected chi connectivity index (χ0v) is 13.1. The Morgan fingerprint density at radius 2 is 2.05 bits per heavy atom. The lowest BCUT2D eigenvalue weighted by molar-refractivity contribution is 0.0679. The standard InChI is InChI=1S/C16H25N3O2/c1-18(2)11-12-6-8-19(9-7-12)16(20)14-5-4-13(21-3)10-15(14)17/h4-5,10,12H,6-9,11,17H2,1-3H3. The molecule has 0 radical (unpaired) electrons. The molecule has 0 saturated carbocycles. The van der Waals surface area contributed by atoms with Crippen LogP contribution in [0.4, 0.5) is 5.69 Å². The number of nitrogen functional groups attached to an aromatic ring is 1. The van der Waals surface area contributed by atoms with Crippen molar-refractivity contribution in [3.8, 4) is 5.75 Å². The maximum absolute atomic E-state index is 12.5. The van der Waals surface area contributed by atoms with Gasteiger partial charge in [0.2, 0.25) is 0 Å². The Balaban J connectivity index is 1.99. The molecule has 1 amide bonds. The molecule has 2 rings (SSSR count). The Hall–Kier alpha value is -1.75. The number of hydrogen-bond acceptors (Lipinski definition) is 4. The van der Waals surface area contributed by atoms with Gasteiger partial charge in [-0.05, 0) is 45.0 Å². The summed E-state index contributed by atoms with van der Waals surface area (Å²) in [5, 5.41) is 0. The summed E-state index contributed by atoms with van der Waals surface area (Å²) < 4.78 is 5.12. The molecule has 1 fully saturated rings. The van der Waals surface area contributed by atoms with Gasteiger partial charge in [-0.1, -0.05) is 0 Å². The van der Waals surface area contributed by atoms with Crippen LogP contribution in [0.2, 0.25) is 0 Å². The van der Waals surface area contributed by atoms with E-state index in [9.17, 15) is 4.79 Å². The third-order valence-corrected chi connectivity index (χ3v) is 4.01. The minimum absolute atomic E-state index is 0.0263. The van der Waals surface area contributed by atoms with Crippen LogP contribution < -0.4 is 10.5 Å². The molecule has 0 atom stereocenters. The normalized spacial score (nSPS) is 16.3. The number of carbonyl (C=O) groups is 1. The van der Waals surface area contributed by atoms with Crippen LogP contribution in [0.15, 0.2) is 18.2 Å². The smallest absolute Gasteiger partial charge is 0.255 e. The highest BCUT2D eigenvalue weighted by Gasteiger charge is 2.25. The van der Waals surface area contributed by atoms with Crippen molar-refractivity contribution in [2.45, 2.75) is 12.8 Å². The number of ether oxygens (including phenoxy) is 1. The van der Waals surface area contributed by atoms with Gasteiger partial charge in [-0.2, -0.15) is 0 Å².